The summed E-state index contributed by atoms with van der Waals surface area (Å²) in [5.74, 6) is -1.07. The van der Waals surface area contributed by atoms with Gasteiger partial charge < -0.3 is 5.11 Å². The minimum atomic E-state index is -3.72. The van der Waals surface area contributed by atoms with E-state index >= 15 is 0 Å². The maximum atomic E-state index is 11.9. The summed E-state index contributed by atoms with van der Waals surface area (Å²) in [5.41, 5.74) is 0.186. The molecule has 0 bridgehead atoms. The number of hydrogen-bond acceptors (Lipinski definition) is 5. The van der Waals surface area contributed by atoms with E-state index in [9.17, 15) is 13.2 Å². The first kappa shape index (κ1) is 13.8. The van der Waals surface area contributed by atoms with Gasteiger partial charge in [-0.1, -0.05) is 11.6 Å². The molecule has 0 aromatic carbocycles. The Kier molecular flexibility index (Phi) is 3.78. The van der Waals surface area contributed by atoms with Crippen LogP contribution in [0, 0.1) is 0 Å². The van der Waals surface area contributed by atoms with Gasteiger partial charge in [-0.2, -0.15) is 5.10 Å². The summed E-state index contributed by atoms with van der Waals surface area (Å²) in [5, 5.41) is 12.3. The summed E-state index contributed by atoms with van der Waals surface area (Å²) in [6.45, 7) is -0.341. The normalized spacial score (nSPS) is 11.4. The minimum Gasteiger partial charge on any atom is -0.480 e. The van der Waals surface area contributed by atoms with Crippen LogP contribution in [-0.2, 0) is 21.4 Å². The van der Waals surface area contributed by atoms with Gasteiger partial charge in [-0.3, -0.25) is 14.2 Å². The average Bonchev–Trinajstić information content (AvgIpc) is 2.87. The maximum Gasteiger partial charge on any atom is 0.325 e. The topological polar surface area (TPSA) is 101 Å². The number of carbonyl (C=O) groups is 1. The van der Waals surface area contributed by atoms with Crippen molar-refractivity contribution in [2.45, 2.75) is 10.8 Å². The van der Waals surface area contributed by atoms with E-state index in [4.69, 9.17) is 16.7 Å². The highest BCUT2D eigenvalue weighted by Gasteiger charge is 2.17. The molecule has 0 spiro atoms. The quantitative estimate of drug-likeness (QED) is 0.868. The molecule has 2 rings (SSSR count). The van der Waals surface area contributed by atoms with E-state index in [0.717, 1.165) is 16.0 Å². The van der Waals surface area contributed by atoms with Crippen LogP contribution in [-0.4, -0.2) is 29.3 Å². The summed E-state index contributed by atoms with van der Waals surface area (Å²) < 4.78 is 27.7. The van der Waals surface area contributed by atoms with Crippen molar-refractivity contribution in [3.63, 3.8) is 0 Å². The molecule has 0 fully saturated rings. The van der Waals surface area contributed by atoms with E-state index in [1.54, 1.807) is 0 Å². The predicted molar refractivity (Wildman–Crippen MR) is 70.0 cm³/mol. The second kappa shape index (κ2) is 5.19. The van der Waals surface area contributed by atoms with Gasteiger partial charge in [-0.25, -0.2) is 8.42 Å². The van der Waals surface area contributed by atoms with Gasteiger partial charge in [0.15, 0.2) is 0 Å². The van der Waals surface area contributed by atoms with Crippen LogP contribution in [0.3, 0.4) is 0 Å². The molecule has 0 aliphatic carbocycles. The summed E-state index contributed by atoms with van der Waals surface area (Å²) in [6, 6.07) is 2.87. The van der Waals surface area contributed by atoms with Gasteiger partial charge in [0, 0.05) is 6.20 Å². The van der Waals surface area contributed by atoms with Crippen molar-refractivity contribution in [1.29, 1.82) is 0 Å². The molecule has 0 aliphatic rings. The molecule has 2 N–H and O–H groups in total. The lowest BCUT2D eigenvalue weighted by atomic mass is 10.6. The van der Waals surface area contributed by atoms with Crippen LogP contribution in [0.5, 0.6) is 0 Å². The van der Waals surface area contributed by atoms with Crippen molar-refractivity contribution in [3.05, 3.63) is 28.9 Å². The number of aliphatic carboxylic acids is 1. The molecule has 0 aliphatic heterocycles. The predicted octanol–water partition coefficient (Wildman–Crippen LogP) is 1.48. The largest absolute Gasteiger partial charge is 0.480 e. The second-order valence-corrected chi connectivity index (χ2v) is 7.11. The molecule has 2 heterocycles. The Hall–Kier alpha value is -1.58. The fourth-order valence-corrected chi connectivity index (χ4v) is 3.80. The highest BCUT2D eigenvalue weighted by atomic mass is 35.5. The third-order valence-corrected chi connectivity index (χ3v) is 5.10. The van der Waals surface area contributed by atoms with Crippen molar-refractivity contribution >= 4 is 44.6 Å². The molecule has 102 valence electrons. The third kappa shape index (κ3) is 3.46. The number of aromatic nitrogens is 2. The monoisotopic (exact) mass is 321 g/mol. The van der Waals surface area contributed by atoms with Crippen LogP contribution < -0.4 is 4.72 Å². The molecule has 0 radical (unpaired) electrons. The number of halogens is 1. The standard InChI is InChI=1S/C9H8ClN3O4S2/c10-7-1-2-9(18-7)19(16,17)12-6-3-11-13(4-6)5-8(14)15/h1-4,12H,5H2,(H,14,15). The van der Waals surface area contributed by atoms with Crippen molar-refractivity contribution in [3.8, 4) is 0 Å². The highest BCUT2D eigenvalue weighted by molar-refractivity contribution is 7.94. The van der Waals surface area contributed by atoms with Crippen molar-refractivity contribution in [2.75, 3.05) is 4.72 Å². The fourth-order valence-electron chi connectivity index (χ4n) is 1.29. The van der Waals surface area contributed by atoms with Crippen LogP contribution in [0.1, 0.15) is 0 Å². The second-order valence-electron chi connectivity index (χ2n) is 3.48. The molecule has 2 aromatic rings. The summed E-state index contributed by atoms with van der Waals surface area (Å²) in [4.78, 5) is 10.5. The Morgan fingerprint density at radius 2 is 2.26 bits per heavy atom. The molecule has 0 saturated heterocycles. The van der Waals surface area contributed by atoms with E-state index < -0.39 is 16.0 Å². The van der Waals surface area contributed by atoms with Crippen LogP contribution in [0.25, 0.3) is 0 Å². The third-order valence-electron chi connectivity index (χ3n) is 2.00. The molecule has 10 heteroatoms. The number of anilines is 1. The molecule has 0 amide bonds. The first-order valence-electron chi connectivity index (χ1n) is 4.89. The summed E-state index contributed by atoms with van der Waals surface area (Å²) in [6.07, 6.45) is 2.52. The molecule has 0 atom stereocenters. The van der Waals surface area contributed by atoms with Gasteiger partial charge in [0.25, 0.3) is 10.0 Å². The molecular weight excluding hydrogens is 314 g/mol. The van der Waals surface area contributed by atoms with Gasteiger partial charge in [0.2, 0.25) is 0 Å². The zero-order valence-electron chi connectivity index (χ0n) is 9.28. The smallest absolute Gasteiger partial charge is 0.325 e. The van der Waals surface area contributed by atoms with Crippen LogP contribution in [0.4, 0.5) is 5.69 Å². The Balaban J connectivity index is 2.16. The first-order chi connectivity index (χ1) is 8.87. The SMILES string of the molecule is O=C(O)Cn1cc(NS(=O)(=O)c2ccc(Cl)s2)cn1. The molecular formula is C9H8ClN3O4S2. The number of rotatable bonds is 5. The zero-order chi connectivity index (χ0) is 14.0. The molecule has 2 aromatic heterocycles. The lowest BCUT2D eigenvalue weighted by molar-refractivity contribution is -0.137. The lowest BCUT2D eigenvalue weighted by Gasteiger charge is -2.02. The van der Waals surface area contributed by atoms with Gasteiger partial charge in [0.1, 0.15) is 10.8 Å². The van der Waals surface area contributed by atoms with Gasteiger partial charge in [-0.05, 0) is 12.1 Å². The van der Waals surface area contributed by atoms with Gasteiger partial charge in [-0.15, -0.1) is 11.3 Å². The summed E-state index contributed by atoms with van der Waals surface area (Å²) >= 11 is 6.60. The number of hydrogen-bond donors (Lipinski definition) is 2. The highest BCUT2D eigenvalue weighted by Crippen LogP contribution is 2.27. The maximum absolute atomic E-state index is 11.9. The van der Waals surface area contributed by atoms with E-state index in [2.05, 4.69) is 9.82 Å². The number of carboxylic acid groups (broad SMARTS) is 1. The van der Waals surface area contributed by atoms with Crippen LogP contribution in [0.15, 0.2) is 28.7 Å². The Morgan fingerprint density at radius 3 is 2.84 bits per heavy atom. The minimum absolute atomic E-state index is 0.0727. The number of thiophene rings is 1. The van der Waals surface area contributed by atoms with Crippen molar-refractivity contribution < 1.29 is 18.3 Å². The van der Waals surface area contributed by atoms with Crippen molar-refractivity contribution in [1.82, 2.24) is 9.78 Å². The Bertz CT molecular complexity index is 707. The lowest BCUT2D eigenvalue weighted by Crippen LogP contribution is -2.11. The summed E-state index contributed by atoms with van der Waals surface area (Å²) in [7, 11) is -3.72. The number of nitrogens with one attached hydrogen (secondary N) is 1. The molecule has 7 nitrogen and oxygen atoms in total. The Morgan fingerprint density at radius 1 is 1.53 bits per heavy atom. The van der Waals surface area contributed by atoms with Gasteiger partial charge in [0.05, 0.1) is 16.2 Å². The van der Waals surface area contributed by atoms with Crippen LogP contribution >= 0.6 is 22.9 Å². The number of nitrogens with zero attached hydrogens (tertiary/aromatic N) is 2. The van der Waals surface area contributed by atoms with E-state index in [0.29, 0.717) is 4.34 Å². The molecule has 0 unspecified atom stereocenters. The van der Waals surface area contributed by atoms with Crippen molar-refractivity contribution in [2.24, 2.45) is 0 Å². The number of carboxylic acids is 1. The van der Waals surface area contributed by atoms with E-state index in [1.165, 1.54) is 24.5 Å². The fraction of sp³-hybridized carbons (Fsp3) is 0.111. The zero-order valence-corrected chi connectivity index (χ0v) is 11.7. The van der Waals surface area contributed by atoms with E-state index in [1.807, 2.05) is 0 Å². The molecule has 0 saturated carbocycles. The van der Waals surface area contributed by atoms with Crippen LogP contribution in [0.2, 0.25) is 4.34 Å². The Labute approximate surface area is 117 Å². The molecule has 19 heavy (non-hydrogen) atoms. The average molecular weight is 322 g/mol. The number of sulfonamides is 1. The van der Waals surface area contributed by atoms with E-state index in [-0.39, 0.29) is 16.4 Å². The first-order valence-corrected chi connectivity index (χ1v) is 7.57. The van der Waals surface area contributed by atoms with Gasteiger partial charge >= 0.3 is 5.97 Å².